The third kappa shape index (κ3) is 3.36. The van der Waals surface area contributed by atoms with Gasteiger partial charge in [0, 0.05) is 28.6 Å². The normalized spacial score (nSPS) is 14.0. The molecule has 18 heavy (non-hydrogen) atoms. The first kappa shape index (κ1) is 14.8. The summed E-state index contributed by atoms with van der Waals surface area (Å²) < 4.78 is 0. The Balaban J connectivity index is 2.91. The summed E-state index contributed by atoms with van der Waals surface area (Å²) in [6.07, 6.45) is 1.93. The van der Waals surface area contributed by atoms with Crippen LogP contribution in [0, 0.1) is 17.0 Å². The molecule has 0 aliphatic carbocycles. The molecule has 0 radical (unpaired) electrons. The van der Waals surface area contributed by atoms with Crippen LogP contribution < -0.4 is 5.32 Å². The topological polar surface area (TPSA) is 75.4 Å². The van der Waals surface area contributed by atoms with Crippen LogP contribution in [0.4, 0.5) is 11.4 Å². The van der Waals surface area contributed by atoms with Crippen LogP contribution in [0.25, 0.3) is 0 Å². The van der Waals surface area contributed by atoms with Crippen molar-refractivity contribution in [2.45, 2.75) is 25.1 Å². The Bertz CT molecular complexity index is 422. The minimum Gasteiger partial charge on any atom is -0.395 e. The molecular weight excluding hydrogens is 252 g/mol. The molecule has 1 aromatic rings. The molecule has 0 fully saturated rings. The van der Waals surface area contributed by atoms with Gasteiger partial charge in [0.2, 0.25) is 0 Å². The Morgan fingerprint density at radius 2 is 2.22 bits per heavy atom. The molecule has 0 saturated carbocycles. The molecule has 0 heterocycles. The number of nitrogens with zero attached hydrogens (tertiary/aromatic N) is 1. The van der Waals surface area contributed by atoms with Crippen molar-refractivity contribution in [3.05, 3.63) is 33.9 Å². The molecule has 0 aromatic heterocycles. The lowest BCUT2D eigenvalue weighted by atomic mass is 10.1. The summed E-state index contributed by atoms with van der Waals surface area (Å²) >= 11 is 1.57. The number of aliphatic hydroxyl groups excluding tert-OH is 1. The van der Waals surface area contributed by atoms with Crippen LogP contribution in [0.1, 0.15) is 12.5 Å². The van der Waals surface area contributed by atoms with E-state index in [2.05, 4.69) is 5.32 Å². The van der Waals surface area contributed by atoms with Gasteiger partial charge >= 0.3 is 0 Å². The lowest BCUT2D eigenvalue weighted by molar-refractivity contribution is -0.385. The van der Waals surface area contributed by atoms with E-state index in [9.17, 15) is 15.2 Å². The molecule has 1 aromatic carbocycles. The van der Waals surface area contributed by atoms with E-state index in [1.807, 2.05) is 19.2 Å². The predicted molar refractivity (Wildman–Crippen MR) is 75.3 cm³/mol. The van der Waals surface area contributed by atoms with Crippen molar-refractivity contribution in [2.75, 3.05) is 18.2 Å². The number of rotatable bonds is 6. The molecule has 0 aliphatic rings. The summed E-state index contributed by atoms with van der Waals surface area (Å²) in [5, 5.41) is 23.3. The number of nitro benzene ring substituents is 1. The molecule has 2 N–H and O–H groups in total. The van der Waals surface area contributed by atoms with Gasteiger partial charge in [-0.25, -0.2) is 0 Å². The summed E-state index contributed by atoms with van der Waals surface area (Å²) in [5.74, 6) is 0. The molecule has 0 saturated heterocycles. The molecule has 0 aliphatic heterocycles. The number of nitrogens with one attached hydrogen (secondary N) is 1. The van der Waals surface area contributed by atoms with Crippen molar-refractivity contribution >= 4 is 23.1 Å². The maximum Gasteiger partial charge on any atom is 0.274 e. The monoisotopic (exact) mass is 270 g/mol. The van der Waals surface area contributed by atoms with Gasteiger partial charge in [-0.3, -0.25) is 10.1 Å². The third-order valence-corrected chi connectivity index (χ3v) is 4.09. The lowest BCUT2D eigenvalue weighted by Gasteiger charge is -2.23. The fourth-order valence-electron chi connectivity index (χ4n) is 1.75. The van der Waals surface area contributed by atoms with Crippen LogP contribution >= 0.6 is 11.8 Å². The van der Waals surface area contributed by atoms with Gasteiger partial charge in [0.15, 0.2) is 0 Å². The number of benzene rings is 1. The van der Waals surface area contributed by atoms with Gasteiger partial charge in [0.1, 0.15) is 0 Å². The van der Waals surface area contributed by atoms with Gasteiger partial charge in [-0.2, -0.15) is 11.8 Å². The van der Waals surface area contributed by atoms with Crippen molar-refractivity contribution in [3.63, 3.8) is 0 Å². The van der Waals surface area contributed by atoms with E-state index in [4.69, 9.17) is 0 Å². The standard InChI is InChI=1S/C12H18N2O3S/c1-8-10(5-4-6-11(8)14(16)17)13-9(2)12(7-15)18-3/h4-6,9,12-13,15H,7H2,1-3H3. The van der Waals surface area contributed by atoms with E-state index < -0.39 is 0 Å². The number of thioether (sulfide) groups is 1. The maximum absolute atomic E-state index is 10.8. The highest BCUT2D eigenvalue weighted by Crippen LogP contribution is 2.26. The smallest absolute Gasteiger partial charge is 0.274 e. The quantitative estimate of drug-likeness (QED) is 0.613. The minimum absolute atomic E-state index is 0.0331. The Labute approximate surface area is 111 Å². The summed E-state index contributed by atoms with van der Waals surface area (Å²) in [7, 11) is 0. The zero-order valence-corrected chi connectivity index (χ0v) is 11.5. The van der Waals surface area contributed by atoms with Crippen LogP contribution in [0.2, 0.25) is 0 Å². The van der Waals surface area contributed by atoms with Crippen LogP contribution in [-0.2, 0) is 0 Å². The average molecular weight is 270 g/mol. The molecule has 6 heteroatoms. The predicted octanol–water partition coefficient (Wildman–Crippen LogP) is 2.43. The van der Waals surface area contributed by atoms with Crippen molar-refractivity contribution in [1.82, 2.24) is 0 Å². The molecule has 2 atom stereocenters. The number of hydrogen-bond acceptors (Lipinski definition) is 5. The first-order valence-corrected chi connectivity index (χ1v) is 6.94. The van der Waals surface area contributed by atoms with Gasteiger partial charge in [-0.1, -0.05) is 6.07 Å². The van der Waals surface area contributed by atoms with Gasteiger partial charge in [-0.15, -0.1) is 0 Å². The van der Waals surface area contributed by atoms with E-state index in [-0.39, 0.29) is 28.5 Å². The van der Waals surface area contributed by atoms with Gasteiger partial charge < -0.3 is 10.4 Å². The SMILES string of the molecule is CSC(CO)C(C)Nc1cccc([N+](=O)[O-])c1C. The molecule has 100 valence electrons. The van der Waals surface area contributed by atoms with E-state index in [0.29, 0.717) is 5.56 Å². The van der Waals surface area contributed by atoms with Crippen LogP contribution in [0.15, 0.2) is 18.2 Å². The van der Waals surface area contributed by atoms with Gasteiger partial charge in [-0.05, 0) is 26.2 Å². The first-order valence-electron chi connectivity index (χ1n) is 5.65. The van der Waals surface area contributed by atoms with Crippen LogP contribution in [-0.4, -0.2) is 34.2 Å². The molecule has 0 amide bonds. The fraction of sp³-hybridized carbons (Fsp3) is 0.500. The number of nitro groups is 1. The van der Waals surface area contributed by atoms with E-state index in [0.717, 1.165) is 5.69 Å². The first-order chi connectivity index (χ1) is 8.51. The van der Waals surface area contributed by atoms with Gasteiger partial charge in [0.25, 0.3) is 5.69 Å². The van der Waals surface area contributed by atoms with E-state index in [1.54, 1.807) is 24.8 Å². The Morgan fingerprint density at radius 1 is 1.56 bits per heavy atom. The number of hydrogen-bond donors (Lipinski definition) is 2. The van der Waals surface area contributed by atoms with Crippen molar-refractivity contribution in [3.8, 4) is 0 Å². The molecule has 1 rings (SSSR count). The summed E-state index contributed by atoms with van der Waals surface area (Å²) in [4.78, 5) is 10.5. The Morgan fingerprint density at radius 3 is 2.72 bits per heavy atom. The largest absolute Gasteiger partial charge is 0.395 e. The fourth-order valence-corrected chi connectivity index (χ4v) is 2.38. The molecule has 5 nitrogen and oxygen atoms in total. The molecular formula is C12H18N2O3S. The van der Waals surface area contributed by atoms with E-state index >= 15 is 0 Å². The second-order valence-corrected chi connectivity index (χ2v) is 5.17. The van der Waals surface area contributed by atoms with Crippen LogP contribution in [0.5, 0.6) is 0 Å². The Hall–Kier alpha value is -1.27. The Kier molecular flexibility index (Phi) is 5.43. The molecule has 0 spiro atoms. The average Bonchev–Trinajstić information content (AvgIpc) is 2.33. The zero-order valence-electron chi connectivity index (χ0n) is 10.7. The minimum atomic E-state index is -0.386. The third-order valence-electron chi connectivity index (χ3n) is 2.93. The number of anilines is 1. The highest BCUT2D eigenvalue weighted by molar-refractivity contribution is 7.99. The second kappa shape index (κ2) is 6.61. The lowest BCUT2D eigenvalue weighted by Crippen LogP contribution is -2.31. The van der Waals surface area contributed by atoms with Crippen molar-refractivity contribution in [2.24, 2.45) is 0 Å². The summed E-state index contributed by atoms with van der Waals surface area (Å²) in [5.41, 5.74) is 1.47. The zero-order chi connectivity index (χ0) is 13.7. The molecule has 2 unspecified atom stereocenters. The van der Waals surface area contributed by atoms with Crippen LogP contribution in [0.3, 0.4) is 0 Å². The summed E-state index contributed by atoms with van der Waals surface area (Å²) in [6.45, 7) is 3.75. The van der Waals surface area contributed by atoms with Crippen molar-refractivity contribution < 1.29 is 10.0 Å². The highest BCUT2D eigenvalue weighted by Gasteiger charge is 2.18. The second-order valence-electron chi connectivity index (χ2n) is 4.10. The van der Waals surface area contributed by atoms with Crippen molar-refractivity contribution in [1.29, 1.82) is 0 Å². The van der Waals surface area contributed by atoms with E-state index in [1.165, 1.54) is 6.07 Å². The maximum atomic E-state index is 10.8. The highest BCUT2D eigenvalue weighted by atomic mass is 32.2. The van der Waals surface area contributed by atoms with Gasteiger partial charge in [0.05, 0.1) is 11.5 Å². The number of aliphatic hydroxyl groups is 1. The summed E-state index contributed by atoms with van der Waals surface area (Å²) in [6, 6.07) is 5.00. The molecule has 0 bridgehead atoms.